The number of H-pyrrole nitrogens is 1. The van der Waals surface area contributed by atoms with E-state index < -0.39 is 17.0 Å². The molecule has 6 nitrogen and oxygen atoms in total. The van der Waals surface area contributed by atoms with Crippen molar-refractivity contribution < 1.29 is 9.59 Å². The standard InChI is InChI=1S/C24H24N2O4/c1-14(2)20-21(22(28)18-11-15(3)10-16(4)12-18)26(24(30)25-23(20)29)13-19(27)17-8-6-5-7-9-17/h5-12,14H,13H2,1-4H3,(H,25,29,30). The molecule has 1 N–H and O–H groups in total. The Morgan fingerprint density at radius 1 is 0.933 bits per heavy atom. The SMILES string of the molecule is Cc1cc(C)cc(C(=O)c2c(C(C)C)c(=O)[nH]c(=O)n2CC(=O)c2ccccc2)c1. The maximum Gasteiger partial charge on any atom is 0.329 e. The molecule has 0 aliphatic carbocycles. The van der Waals surface area contributed by atoms with Gasteiger partial charge in [-0.15, -0.1) is 0 Å². The third kappa shape index (κ3) is 4.22. The number of ketones is 2. The summed E-state index contributed by atoms with van der Waals surface area (Å²) in [6.45, 7) is 6.95. The van der Waals surface area contributed by atoms with Gasteiger partial charge in [-0.1, -0.05) is 61.4 Å². The Labute approximate surface area is 174 Å². The Bertz CT molecular complexity index is 1210. The van der Waals surface area contributed by atoms with Crippen LogP contribution in [0.3, 0.4) is 0 Å². The van der Waals surface area contributed by atoms with Crippen LogP contribution in [-0.2, 0) is 6.54 Å². The highest BCUT2D eigenvalue weighted by Crippen LogP contribution is 2.20. The number of nitrogens with one attached hydrogen (secondary N) is 1. The van der Waals surface area contributed by atoms with Gasteiger partial charge in [-0.25, -0.2) is 4.79 Å². The second-order valence-corrected chi connectivity index (χ2v) is 7.76. The zero-order valence-corrected chi connectivity index (χ0v) is 17.5. The van der Waals surface area contributed by atoms with Gasteiger partial charge < -0.3 is 0 Å². The Morgan fingerprint density at radius 2 is 1.53 bits per heavy atom. The average Bonchev–Trinajstić information content (AvgIpc) is 2.68. The molecular formula is C24H24N2O4. The maximum atomic E-state index is 13.5. The number of nitrogens with zero attached hydrogens (tertiary/aromatic N) is 1. The van der Waals surface area contributed by atoms with Crippen LogP contribution in [0.1, 0.15) is 62.9 Å². The van der Waals surface area contributed by atoms with Crippen LogP contribution >= 0.6 is 0 Å². The van der Waals surface area contributed by atoms with E-state index >= 15 is 0 Å². The summed E-state index contributed by atoms with van der Waals surface area (Å²) in [6.07, 6.45) is 0. The number of aromatic nitrogens is 2. The van der Waals surface area contributed by atoms with Gasteiger partial charge in [0, 0.05) is 16.7 Å². The van der Waals surface area contributed by atoms with E-state index in [0.717, 1.165) is 15.7 Å². The fraction of sp³-hybridized carbons (Fsp3) is 0.250. The fourth-order valence-corrected chi connectivity index (χ4v) is 3.62. The van der Waals surface area contributed by atoms with Crippen molar-refractivity contribution in [3.8, 4) is 0 Å². The first-order valence-corrected chi connectivity index (χ1v) is 9.77. The smallest absolute Gasteiger partial charge is 0.292 e. The largest absolute Gasteiger partial charge is 0.329 e. The molecule has 0 fully saturated rings. The van der Waals surface area contributed by atoms with Crippen molar-refractivity contribution in [2.45, 2.75) is 40.2 Å². The van der Waals surface area contributed by atoms with Crippen LogP contribution in [0.4, 0.5) is 0 Å². The lowest BCUT2D eigenvalue weighted by Gasteiger charge is -2.17. The molecule has 6 heteroatoms. The van der Waals surface area contributed by atoms with Crippen LogP contribution in [0.15, 0.2) is 58.1 Å². The molecule has 3 aromatic rings. The molecular weight excluding hydrogens is 380 g/mol. The Balaban J connectivity index is 2.23. The van der Waals surface area contributed by atoms with Crippen molar-refractivity contribution in [1.29, 1.82) is 0 Å². The molecule has 3 rings (SSSR count). The number of aromatic amines is 1. The third-order valence-electron chi connectivity index (χ3n) is 4.91. The predicted octanol–water partition coefficient (Wildman–Crippen LogP) is 3.39. The number of aryl methyl sites for hydroxylation is 2. The van der Waals surface area contributed by atoms with Crippen molar-refractivity contribution in [3.63, 3.8) is 0 Å². The van der Waals surface area contributed by atoms with Gasteiger partial charge in [0.2, 0.25) is 5.78 Å². The van der Waals surface area contributed by atoms with E-state index in [-0.39, 0.29) is 29.5 Å². The van der Waals surface area contributed by atoms with E-state index in [1.54, 1.807) is 56.3 Å². The van der Waals surface area contributed by atoms with Gasteiger partial charge in [0.15, 0.2) is 5.78 Å². The van der Waals surface area contributed by atoms with Crippen molar-refractivity contribution >= 4 is 11.6 Å². The summed E-state index contributed by atoms with van der Waals surface area (Å²) in [5.41, 5.74) is 1.36. The molecule has 0 amide bonds. The van der Waals surface area contributed by atoms with Gasteiger partial charge in [0.05, 0.1) is 6.54 Å². The second-order valence-electron chi connectivity index (χ2n) is 7.76. The van der Waals surface area contributed by atoms with E-state index in [2.05, 4.69) is 4.98 Å². The van der Waals surface area contributed by atoms with Gasteiger partial charge in [-0.3, -0.25) is 23.9 Å². The van der Waals surface area contributed by atoms with Crippen LogP contribution in [0.2, 0.25) is 0 Å². The highest BCUT2D eigenvalue weighted by atomic mass is 16.2. The summed E-state index contributed by atoms with van der Waals surface area (Å²) >= 11 is 0. The van der Waals surface area contributed by atoms with Crippen molar-refractivity contribution in [2.75, 3.05) is 0 Å². The Kier molecular flexibility index (Phi) is 5.96. The fourth-order valence-electron chi connectivity index (χ4n) is 3.62. The predicted molar refractivity (Wildman–Crippen MR) is 116 cm³/mol. The van der Waals surface area contributed by atoms with Crippen LogP contribution in [-0.4, -0.2) is 21.1 Å². The average molecular weight is 404 g/mol. The molecule has 0 radical (unpaired) electrons. The molecule has 0 atom stereocenters. The highest BCUT2D eigenvalue weighted by molar-refractivity contribution is 6.09. The van der Waals surface area contributed by atoms with Gasteiger partial charge >= 0.3 is 5.69 Å². The minimum atomic E-state index is -0.776. The van der Waals surface area contributed by atoms with Gasteiger partial charge in [-0.05, 0) is 31.9 Å². The Hall–Kier alpha value is -3.54. The molecule has 0 spiro atoms. The lowest BCUT2D eigenvalue weighted by Crippen LogP contribution is -2.39. The maximum absolute atomic E-state index is 13.5. The summed E-state index contributed by atoms with van der Waals surface area (Å²) in [7, 11) is 0. The minimum Gasteiger partial charge on any atom is -0.292 e. The summed E-state index contributed by atoms with van der Waals surface area (Å²) < 4.78 is 1.09. The molecule has 0 saturated carbocycles. The first-order valence-electron chi connectivity index (χ1n) is 9.77. The molecule has 2 aromatic carbocycles. The van der Waals surface area contributed by atoms with Crippen molar-refractivity contribution in [1.82, 2.24) is 9.55 Å². The van der Waals surface area contributed by atoms with E-state index in [1.807, 2.05) is 19.9 Å². The monoisotopic (exact) mass is 404 g/mol. The number of hydrogen-bond acceptors (Lipinski definition) is 4. The molecule has 0 aliphatic heterocycles. The zero-order valence-electron chi connectivity index (χ0n) is 17.5. The third-order valence-corrected chi connectivity index (χ3v) is 4.91. The molecule has 0 bridgehead atoms. The molecule has 30 heavy (non-hydrogen) atoms. The molecule has 154 valence electrons. The number of carbonyl (C=O) groups excluding carboxylic acids is 2. The topological polar surface area (TPSA) is 89.0 Å². The van der Waals surface area contributed by atoms with E-state index in [4.69, 9.17) is 0 Å². The van der Waals surface area contributed by atoms with Crippen LogP contribution in [0, 0.1) is 13.8 Å². The summed E-state index contributed by atoms with van der Waals surface area (Å²) in [5, 5.41) is 0. The number of Topliss-reactive ketones (excluding diaryl/α,β-unsaturated/α-hetero) is 1. The minimum absolute atomic E-state index is 0.0342. The van der Waals surface area contributed by atoms with Crippen molar-refractivity contribution in [2.24, 2.45) is 0 Å². The molecule has 1 aromatic heterocycles. The lowest BCUT2D eigenvalue weighted by atomic mass is 9.95. The quantitative estimate of drug-likeness (QED) is 0.638. The second kappa shape index (κ2) is 8.45. The summed E-state index contributed by atoms with van der Waals surface area (Å²) in [5.74, 6) is -1.10. The van der Waals surface area contributed by atoms with Gasteiger partial charge in [-0.2, -0.15) is 0 Å². The molecule has 1 heterocycles. The summed E-state index contributed by atoms with van der Waals surface area (Å²) in [4.78, 5) is 53.8. The van der Waals surface area contributed by atoms with Crippen LogP contribution in [0.5, 0.6) is 0 Å². The first kappa shape index (κ1) is 21.2. The molecule has 0 aliphatic rings. The van der Waals surface area contributed by atoms with E-state index in [9.17, 15) is 19.2 Å². The number of benzene rings is 2. The summed E-state index contributed by atoms with van der Waals surface area (Å²) in [6, 6.07) is 13.9. The molecule has 0 unspecified atom stereocenters. The number of carbonyl (C=O) groups is 2. The first-order chi connectivity index (χ1) is 14.2. The van der Waals surface area contributed by atoms with Gasteiger partial charge in [0.25, 0.3) is 5.56 Å². The van der Waals surface area contributed by atoms with E-state index in [0.29, 0.717) is 11.1 Å². The number of hydrogen-bond donors (Lipinski definition) is 1. The zero-order chi connectivity index (χ0) is 22.0. The van der Waals surface area contributed by atoms with Crippen LogP contribution in [0.25, 0.3) is 0 Å². The number of rotatable bonds is 6. The van der Waals surface area contributed by atoms with Crippen LogP contribution < -0.4 is 11.2 Å². The van der Waals surface area contributed by atoms with Gasteiger partial charge in [0.1, 0.15) is 5.69 Å². The Morgan fingerprint density at radius 3 is 2.10 bits per heavy atom. The normalized spacial score (nSPS) is 11.0. The van der Waals surface area contributed by atoms with E-state index in [1.165, 1.54) is 0 Å². The lowest BCUT2D eigenvalue weighted by molar-refractivity contribution is 0.0964. The van der Waals surface area contributed by atoms with Crippen molar-refractivity contribution in [3.05, 3.63) is 103 Å². The highest BCUT2D eigenvalue weighted by Gasteiger charge is 2.26. The molecule has 0 saturated heterocycles.